The Balaban J connectivity index is 2.51. The predicted octanol–water partition coefficient (Wildman–Crippen LogP) is 3.40. The van der Waals surface area contributed by atoms with E-state index in [1.807, 2.05) is 30.5 Å². The van der Waals surface area contributed by atoms with Crippen molar-refractivity contribution in [3.63, 3.8) is 0 Å². The van der Waals surface area contributed by atoms with Crippen molar-refractivity contribution >= 4 is 29.2 Å². The molecule has 19 heavy (non-hydrogen) atoms. The molecule has 0 atom stereocenters. The van der Waals surface area contributed by atoms with Gasteiger partial charge in [-0.2, -0.15) is 5.10 Å². The van der Waals surface area contributed by atoms with Gasteiger partial charge in [-0.1, -0.05) is 26.0 Å². The molecule has 2 N–H and O–H groups in total. The molecule has 0 unspecified atom stereocenters. The van der Waals surface area contributed by atoms with Crippen molar-refractivity contribution < 1.29 is 4.74 Å². The molecule has 1 aromatic carbocycles. The summed E-state index contributed by atoms with van der Waals surface area (Å²) >= 11 is 5.18. The van der Waals surface area contributed by atoms with Crippen molar-refractivity contribution in [3.05, 3.63) is 24.3 Å². The van der Waals surface area contributed by atoms with Crippen molar-refractivity contribution in [2.24, 2.45) is 11.0 Å². The van der Waals surface area contributed by atoms with Gasteiger partial charge in [-0.05, 0) is 43.1 Å². The highest BCUT2D eigenvalue weighted by Crippen LogP contribution is 2.22. The third kappa shape index (κ3) is 5.26. The SMILES string of the molecule is CCC(/C=N/NC(=S)Nc1ccccc1OC)CC. The summed E-state index contributed by atoms with van der Waals surface area (Å²) in [7, 11) is 1.63. The summed E-state index contributed by atoms with van der Waals surface area (Å²) < 4.78 is 5.24. The van der Waals surface area contributed by atoms with E-state index in [-0.39, 0.29) is 0 Å². The van der Waals surface area contributed by atoms with Crippen LogP contribution in [0.4, 0.5) is 5.69 Å². The number of nitrogens with zero attached hydrogens (tertiary/aromatic N) is 1. The van der Waals surface area contributed by atoms with E-state index in [9.17, 15) is 0 Å². The van der Waals surface area contributed by atoms with Gasteiger partial charge in [0.1, 0.15) is 5.75 Å². The number of ether oxygens (including phenoxy) is 1. The number of anilines is 1. The molecular formula is C14H21N3OS. The molecule has 0 amide bonds. The quantitative estimate of drug-likeness (QED) is 0.476. The van der Waals surface area contributed by atoms with Gasteiger partial charge in [0.05, 0.1) is 12.8 Å². The van der Waals surface area contributed by atoms with E-state index < -0.39 is 0 Å². The average Bonchev–Trinajstić information content (AvgIpc) is 2.44. The number of rotatable bonds is 6. The normalized spacial score (nSPS) is 10.7. The van der Waals surface area contributed by atoms with Crippen LogP contribution in [-0.4, -0.2) is 18.4 Å². The zero-order valence-corrected chi connectivity index (χ0v) is 12.5. The van der Waals surface area contributed by atoms with Crippen molar-refractivity contribution in [1.29, 1.82) is 0 Å². The lowest BCUT2D eigenvalue weighted by atomic mass is 10.1. The lowest BCUT2D eigenvalue weighted by Gasteiger charge is -2.11. The molecule has 0 radical (unpaired) electrons. The number of hydrogen-bond donors (Lipinski definition) is 2. The lowest BCUT2D eigenvalue weighted by molar-refractivity contribution is 0.417. The van der Waals surface area contributed by atoms with E-state index in [1.54, 1.807) is 7.11 Å². The number of para-hydroxylation sites is 2. The molecule has 0 aliphatic carbocycles. The smallest absolute Gasteiger partial charge is 0.191 e. The minimum Gasteiger partial charge on any atom is -0.495 e. The van der Waals surface area contributed by atoms with Crippen molar-refractivity contribution in [3.8, 4) is 5.75 Å². The largest absolute Gasteiger partial charge is 0.495 e. The molecule has 0 saturated carbocycles. The Morgan fingerprint density at radius 1 is 1.37 bits per heavy atom. The number of thiocarbonyl (C=S) groups is 1. The van der Waals surface area contributed by atoms with Crippen LogP contribution >= 0.6 is 12.2 Å². The molecule has 0 spiro atoms. The van der Waals surface area contributed by atoms with E-state index >= 15 is 0 Å². The Hall–Kier alpha value is -1.62. The van der Waals surface area contributed by atoms with Crippen LogP contribution in [0.5, 0.6) is 5.75 Å². The van der Waals surface area contributed by atoms with Crippen molar-refractivity contribution in [2.75, 3.05) is 12.4 Å². The minimum absolute atomic E-state index is 0.451. The fraction of sp³-hybridized carbons (Fsp3) is 0.429. The molecule has 1 rings (SSSR count). The second-order valence-electron chi connectivity index (χ2n) is 4.12. The standard InChI is InChI=1S/C14H21N3OS/c1-4-11(5-2)10-15-17-14(19)16-12-8-6-7-9-13(12)18-3/h6-11H,4-5H2,1-3H3,(H2,16,17,19)/b15-10+. The fourth-order valence-corrected chi connectivity index (χ4v) is 1.76. The Bertz CT molecular complexity index is 430. The summed E-state index contributed by atoms with van der Waals surface area (Å²) in [5.41, 5.74) is 3.64. The number of nitrogens with one attached hydrogen (secondary N) is 2. The van der Waals surface area contributed by atoms with Crippen LogP contribution in [0.15, 0.2) is 29.4 Å². The molecule has 4 nitrogen and oxygen atoms in total. The van der Waals surface area contributed by atoms with Crippen LogP contribution in [0.25, 0.3) is 0 Å². The van der Waals surface area contributed by atoms with Crippen molar-refractivity contribution in [1.82, 2.24) is 5.43 Å². The molecule has 0 bridgehead atoms. The summed E-state index contributed by atoms with van der Waals surface area (Å²) in [6.45, 7) is 4.29. The second-order valence-corrected chi connectivity index (χ2v) is 4.53. The summed E-state index contributed by atoms with van der Waals surface area (Å²) in [6.07, 6.45) is 4.05. The maximum absolute atomic E-state index is 5.24. The molecule has 1 aromatic rings. The van der Waals surface area contributed by atoms with E-state index in [0.717, 1.165) is 24.3 Å². The number of hydrogen-bond acceptors (Lipinski definition) is 3. The van der Waals surface area contributed by atoms with Gasteiger partial charge in [0.25, 0.3) is 0 Å². The van der Waals surface area contributed by atoms with Crippen LogP contribution in [-0.2, 0) is 0 Å². The summed E-state index contributed by atoms with van der Waals surface area (Å²) in [4.78, 5) is 0. The fourth-order valence-electron chi connectivity index (χ4n) is 1.60. The van der Waals surface area contributed by atoms with Gasteiger partial charge in [-0.3, -0.25) is 5.43 Å². The highest BCUT2D eigenvalue weighted by Gasteiger charge is 2.03. The number of benzene rings is 1. The third-order valence-corrected chi connectivity index (χ3v) is 3.05. The first-order valence-electron chi connectivity index (χ1n) is 6.44. The Kier molecular flexibility index (Phi) is 6.89. The molecule has 0 aliphatic heterocycles. The van der Waals surface area contributed by atoms with E-state index in [4.69, 9.17) is 17.0 Å². The molecule has 104 valence electrons. The molecule has 0 aromatic heterocycles. The van der Waals surface area contributed by atoms with Crippen LogP contribution in [0.3, 0.4) is 0 Å². The molecule has 0 aliphatic rings. The van der Waals surface area contributed by atoms with Gasteiger partial charge < -0.3 is 10.1 Å². The maximum atomic E-state index is 5.24. The Morgan fingerprint density at radius 3 is 2.68 bits per heavy atom. The van der Waals surface area contributed by atoms with Gasteiger partial charge in [0.15, 0.2) is 5.11 Å². The zero-order valence-electron chi connectivity index (χ0n) is 11.6. The highest BCUT2D eigenvalue weighted by atomic mass is 32.1. The van der Waals surface area contributed by atoms with E-state index in [1.165, 1.54) is 0 Å². The predicted molar refractivity (Wildman–Crippen MR) is 84.9 cm³/mol. The molecule has 0 saturated heterocycles. The number of methoxy groups -OCH3 is 1. The first kappa shape index (κ1) is 15.4. The molecule has 0 fully saturated rings. The second kappa shape index (κ2) is 8.48. The monoisotopic (exact) mass is 279 g/mol. The Labute approximate surface area is 120 Å². The molecular weight excluding hydrogens is 258 g/mol. The molecule has 0 heterocycles. The van der Waals surface area contributed by atoms with Gasteiger partial charge >= 0.3 is 0 Å². The topological polar surface area (TPSA) is 45.7 Å². The highest BCUT2D eigenvalue weighted by molar-refractivity contribution is 7.80. The van der Waals surface area contributed by atoms with Crippen LogP contribution in [0, 0.1) is 5.92 Å². The summed E-state index contributed by atoms with van der Waals surface area (Å²) in [5.74, 6) is 1.23. The van der Waals surface area contributed by atoms with Gasteiger partial charge in [-0.25, -0.2) is 0 Å². The zero-order chi connectivity index (χ0) is 14.1. The third-order valence-electron chi connectivity index (χ3n) is 2.86. The lowest BCUT2D eigenvalue weighted by Crippen LogP contribution is -2.24. The van der Waals surface area contributed by atoms with Crippen LogP contribution < -0.4 is 15.5 Å². The van der Waals surface area contributed by atoms with Gasteiger partial charge in [0, 0.05) is 6.21 Å². The maximum Gasteiger partial charge on any atom is 0.191 e. The van der Waals surface area contributed by atoms with Gasteiger partial charge in [0.2, 0.25) is 0 Å². The van der Waals surface area contributed by atoms with E-state index in [2.05, 4.69) is 29.7 Å². The molecule has 5 heteroatoms. The Morgan fingerprint density at radius 2 is 2.05 bits per heavy atom. The van der Waals surface area contributed by atoms with Gasteiger partial charge in [-0.15, -0.1) is 0 Å². The van der Waals surface area contributed by atoms with Crippen molar-refractivity contribution in [2.45, 2.75) is 26.7 Å². The summed E-state index contributed by atoms with van der Waals surface area (Å²) in [6, 6.07) is 7.60. The first-order chi connectivity index (χ1) is 9.21. The van der Waals surface area contributed by atoms with Crippen LogP contribution in [0.2, 0.25) is 0 Å². The summed E-state index contributed by atoms with van der Waals surface area (Å²) in [5, 5.41) is 7.65. The first-order valence-corrected chi connectivity index (χ1v) is 6.85. The van der Waals surface area contributed by atoms with Crippen LogP contribution in [0.1, 0.15) is 26.7 Å². The van der Waals surface area contributed by atoms with E-state index in [0.29, 0.717) is 11.0 Å². The average molecular weight is 279 g/mol. The minimum atomic E-state index is 0.451. The number of hydrazone groups is 1.